The van der Waals surface area contributed by atoms with E-state index in [1.54, 1.807) is 9.80 Å². The maximum Gasteiger partial charge on any atom is 0.321 e. The van der Waals surface area contributed by atoms with Crippen LogP contribution in [0.5, 0.6) is 0 Å². The molecule has 54 heavy (non-hydrogen) atoms. The minimum Gasteiger partial charge on any atom is -0.411 e. The number of amides is 3. The second-order valence-corrected chi connectivity index (χ2v) is 17.3. The van der Waals surface area contributed by atoms with Crippen molar-refractivity contribution in [2.75, 3.05) is 26.2 Å². The van der Waals surface area contributed by atoms with Crippen molar-refractivity contribution in [3.8, 4) is 0 Å². The van der Waals surface area contributed by atoms with Crippen molar-refractivity contribution in [1.29, 1.82) is 0 Å². The number of aromatic nitrogens is 2. The second-order valence-electron chi connectivity index (χ2n) is 15.3. The Morgan fingerprint density at radius 2 is 1.70 bits per heavy atom. The van der Waals surface area contributed by atoms with Crippen LogP contribution in [0, 0.1) is 11.3 Å². The van der Waals surface area contributed by atoms with Gasteiger partial charge in [-0.25, -0.2) is 18.2 Å². The smallest absolute Gasteiger partial charge is 0.321 e. The summed E-state index contributed by atoms with van der Waals surface area (Å²) in [6.07, 6.45) is 0.741. The average Bonchev–Trinajstić information content (AvgIpc) is 3.65. The molecule has 290 valence electrons. The van der Waals surface area contributed by atoms with E-state index in [1.165, 1.54) is 34.8 Å². The predicted octanol–water partition coefficient (Wildman–Crippen LogP) is 4.86. The summed E-state index contributed by atoms with van der Waals surface area (Å²) in [5.74, 6) is 0.121. The molecule has 1 fully saturated rings. The van der Waals surface area contributed by atoms with Crippen LogP contribution in [0.25, 0.3) is 11.0 Å². The first-order valence-electron chi connectivity index (χ1n) is 18.4. The highest BCUT2D eigenvalue weighted by atomic mass is 32.2. The van der Waals surface area contributed by atoms with E-state index >= 15 is 0 Å². The lowest BCUT2D eigenvalue weighted by Crippen LogP contribution is -2.57. The lowest BCUT2D eigenvalue weighted by molar-refractivity contribution is -0.128. The van der Waals surface area contributed by atoms with Crippen LogP contribution in [-0.2, 0) is 34.8 Å². The highest BCUT2D eigenvalue weighted by Crippen LogP contribution is 2.26. The van der Waals surface area contributed by atoms with E-state index in [9.17, 15) is 23.1 Å². The fraction of sp³-hybridized carbons (Fsp3) is 0.450. The number of nitrogens with one attached hydrogen (secondary N) is 1. The van der Waals surface area contributed by atoms with Crippen molar-refractivity contribution in [2.45, 2.75) is 77.1 Å². The number of imidazole rings is 1. The van der Waals surface area contributed by atoms with Crippen molar-refractivity contribution < 1.29 is 28.3 Å². The first-order valence-corrected chi connectivity index (χ1v) is 19.8. The van der Waals surface area contributed by atoms with E-state index in [1.807, 2.05) is 101 Å². The second kappa shape index (κ2) is 17.1. The van der Waals surface area contributed by atoms with Gasteiger partial charge in [0.25, 0.3) is 0 Å². The van der Waals surface area contributed by atoms with E-state index in [-0.39, 0.29) is 36.4 Å². The zero-order chi connectivity index (χ0) is 39.2. The number of para-hydroxylation sites is 2. The van der Waals surface area contributed by atoms with Crippen LogP contribution < -0.4 is 5.32 Å². The van der Waals surface area contributed by atoms with Gasteiger partial charge >= 0.3 is 6.03 Å². The Balaban J connectivity index is 1.40. The third-order valence-corrected chi connectivity index (χ3v) is 11.8. The van der Waals surface area contributed by atoms with Crippen LogP contribution in [0.2, 0.25) is 0 Å². The number of benzene rings is 3. The zero-order valence-corrected chi connectivity index (χ0v) is 32.8. The van der Waals surface area contributed by atoms with E-state index in [0.29, 0.717) is 31.6 Å². The number of aryl methyl sites for hydroxylation is 1. The first-order chi connectivity index (χ1) is 25.6. The molecule has 14 heteroatoms. The molecule has 0 bridgehead atoms. The molecular weight excluding hydrogens is 707 g/mol. The molecule has 5 rings (SSSR count). The molecule has 0 saturated carbocycles. The van der Waals surface area contributed by atoms with Gasteiger partial charge in [0.05, 0.1) is 40.8 Å². The topological polar surface area (TPSA) is 161 Å². The maximum absolute atomic E-state index is 14.4. The van der Waals surface area contributed by atoms with E-state index in [0.717, 1.165) is 22.4 Å². The lowest BCUT2D eigenvalue weighted by Gasteiger charge is -2.35. The van der Waals surface area contributed by atoms with Gasteiger partial charge in [0, 0.05) is 33.2 Å². The molecule has 1 saturated heterocycles. The first kappa shape index (κ1) is 40.4. The van der Waals surface area contributed by atoms with Gasteiger partial charge in [0.2, 0.25) is 15.9 Å². The summed E-state index contributed by atoms with van der Waals surface area (Å²) in [5.41, 5.74) is 2.71. The Hall–Kier alpha value is -4.79. The molecule has 1 aliphatic rings. The van der Waals surface area contributed by atoms with Crippen LogP contribution in [0.3, 0.4) is 0 Å². The Labute approximate surface area is 318 Å². The largest absolute Gasteiger partial charge is 0.411 e. The Kier molecular flexibility index (Phi) is 12.8. The fourth-order valence-corrected chi connectivity index (χ4v) is 8.60. The molecule has 3 amide bonds. The van der Waals surface area contributed by atoms with Gasteiger partial charge in [0.15, 0.2) is 0 Å². The summed E-state index contributed by atoms with van der Waals surface area (Å²) in [5, 5.41) is 26.9. The third kappa shape index (κ3) is 9.46. The maximum atomic E-state index is 14.4. The quantitative estimate of drug-likeness (QED) is 0.0836. The number of sulfonamides is 1. The number of hydrogen-bond acceptors (Lipinski definition) is 8. The number of aliphatic hydroxyl groups is 1. The lowest BCUT2D eigenvalue weighted by atomic mass is 9.94. The molecule has 1 aliphatic heterocycles. The fourth-order valence-electron chi connectivity index (χ4n) is 6.92. The SMILES string of the molecule is CC[C@H](C)[C@@H](C(=O)N[C@@H](Cc1ccccc1)[C@@H](O)CN(CC(C)(C)C)S(=O)(=O)c1ccc(C=NO)cc1)N1CCN(Cc2nc3ccccc3n2C)C1=O. The van der Waals surface area contributed by atoms with Crippen LogP contribution in [-0.4, -0.2) is 105 Å². The number of hydrogen-bond donors (Lipinski definition) is 3. The van der Waals surface area contributed by atoms with Crippen molar-refractivity contribution in [1.82, 2.24) is 29.0 Å². The Morgan fingerprint density at radius 3 is 2.33 bits per heavy atom. The predicted molar refractivity (Wildman–Crippen MR) is 209 cm³/mol. The summed E-state index contributed by atoms with van der Waals surface area (Å²) in [4.78, 5) is 36.5. The van der Waals surface area contributed by atoms with Gasteiger partial charge in [-0.15, -0.1) is 0 Å². The highest BCUT2D eigenvalue weighted by molar-refractivity contribution is 7.89. The molecule has 4 atom stereocenters. The zero-order valence-electron chi connectivity index (χ0n) is 32.0. The van der Waals surface area contributed by atoms with Gasteiger partial charge in [-0.2, -0.15) is 4.31 Å². The van der Waals surface area contributed by atoms with Crippen molar-refractivity contribution >= 4 is 39.2 Å². The molecule has 0 unspecified atom stereocenters. The molecule has 0 radical (unpaired) electrons. The van der Waals surface area contributed by atoms with Gasteiger partial charge in [-0.1, -0.05) is 101 Å². The summed E-state index contributed by atoms with van der Waals surface area (Å²) in [7, 11) is -2.18. The van der Waals surface area contributed by atoms with Crippen LogP contribution in [0.15, 0.2) is 88.9 Å². The minimum atomic E-state index is -4.11. The third-order valence-electron chi connectivity index (χ3n) is 9.98. The molecule has 4 aromatic rings. The number of urea groups is 1. The monoisotopic (exact) mass is 759 g/mol. The van der Waals surface area contributed by atoms with E-state index in [4.69, 9.17) is 10.2 Å². The minimum absolute atomic E-state index is 0.0188. The number of carbonyl (C=O) groups is 2. The van der Waals surface area contributed by atoms with Crippen LogP contribution in [0.1, 0.15) is 58.0 Å². The van der Waals surface area contributed by atoms with Crippen LogP contribution in [0.4, 0.5) is 4.79 Å². The van der Waals surface area contributed by atoms with Gasteiger partial charge in [-0.3, -0.25) is 4.79 Å². The van der Waals surface area contributed by atoms with Gasteiger partial charge < -0.3 is 30.0 Å². The highest BCUT2D eigenvalue weighted by Gasteiger charge is 2.41. The van der Waals surface area contributed by atoms with Gasteiger partial charge in [0.1, 0.15) is 11.9 Å². The molecular formula is C40H53N7O6S. The van der Waals surface area contributed by atoms with Crippen LogP contribution >= 0.6 is 0 Å². The molecule has 2 heterocycles. The summed E-state index contributed by atoms with van der Waals surface area (Å²) in [6, 6.07) is 21.1. The normalized spacial score (nSPS) is 16.3. The number of nitrogens with zero attached hydrogens (tertiary/aromatic N) is 6. The van der Waals surface area contributed by atoms with Crippen molar-refractivity contribution in [3.63, 3.8) is 0 Å². The number of carbonyl (C=O) groups excluding carboxylic acids is 2. The van der Waals surface area contributed by atoms with E-state index < -0.39 is 39.5 Å². The molecule has 3 aromatic carbocycles. The average molecular weight is 760 g/mol. The summed E-state index contributed by atoms with van der Waals surface area (Å²) in [6.45, 7) is 10.5. The molecule has 1 aromatic heterocycles. The number of aliphatic hydroxyl groups excluding tert-OH is 1. The number of oxime groups is 1. The molecule has 13 nitrogen and oxygen atoms in total. The molecule has 0 spiro atoms. The Bertz CT molecular complexity index is 2030. The number of fused-ring (bicyclic) bond motifs is 1. The summed E-state index contributed by atoms with van der Waals surface area (Å²) < 4.78 is 31.4. The summed E-state index contributed by atoms with van der Waals surface area (Å²) >= 11 is 0. The standard InChI is InChI=1S/C40H53N7O6S/c1-7-28(2)37(47-22-21-45(39(47)50)26-36-42-32-15-11-12-16-34(32)44(36)6)38(49)43-33(23-29-13-9-8-10-14-29)35(48)25-46(27-40(3,4)5)54(52,53)31-19-17-30(18-20-31)24-41-51/h8-20,24,28,33,35,37,48,51H,7,21-23,25-27H2,1-6H3,(H,43,49)/t28-,33-,35-,37-/m0/s1. The molecule has 0 aliphatic carbocycles. The van der Waals surface area contributed by atoms with Gasteiger partial charge in [-0.05, 0) is 53.1 Å². The van der Waals surface area contributed by atoms with Crippen molar-refractivity contribution in [3.05, 3.63) is 95.8 Å². The van der Waals surface area contributed by atoms with E-state index in [2.05, 4.69) is 10.5 Å². The Morgan fingerprint density at radius 1 is 1.04 bits per heavy atom. The molecule has 3 N–H and O–H groups in total. The van der Waals surface area contributed by atoms with Crippen molar-refractivity contribution in [2.24, 2.45) is 23.5 Å². The number of rotatable bonds is 16.